The molecule has 0 saturated carbocycles. The lowest BCUT2D eigenvalue weighted by Gasteiger charge is -2.38. The van der Waals surface area contributed by atoms with Gasteiger partial charge in [-0.2, -0.15) is 0 Å². The van der Waals surface area contributed by atoms with E-state index in [0.29, 0.717) is 36.3 Å². The number of halogens is 2. The summed E-state index contributed by atoms with van der Waals surface area (Å²) < 4.78 is 5.96. The van der Waals surface area contributed by atoms with Crippen molar-refractivity contribution in [1.82, 2.24) is 10.2 Å². The van der Waals surface area contributed by atoms with Crippen LogP contribution in [0.4, 0.5) is 5.69 Å². The number of piperazine rings is 1. The van der Waals surface area contributed by atoms with Gasteiger partial charge in [0, 0.05) is 38.4 Å². The average Bonchev–Trinajstić information content (AvgIpc) is 2.89. The minimum Gasteiger partial charge on any atom is -0.375 e. The zero-order valence-corrected chi connectivity index (χ0v) is 21.4. The molecule has 0 spiro atoms. The quantitative estimate of drug-likeness (QED) is 0.421. The van der Waals surface area contributed by atoms with Crippen LogP contribution in [0.25, 0.3) is 0 Å². The van der Waals surface area contributed by atoms with Gasteiger partial charge in [0.05, 0.1) is 23.3 Å². The van der Waals surface area contributed by atoms with Gasteiger partial charge in [0.1, 0.15) is 6.04 Å². The molecule has 1 heterocycles. The first-order valence-corrected chi connectivity index (χ1v) is 12.6. The number of amides is 1. The third-order valence-electron chi connectivity index (χ3n) is 6.28. The Bertz CT molecular complexity index is 1120. The maximum Gasteiger partial charge on any atom is 0.242 e. The Balaban J connectivity index is 1.37. The number of carbonyl (C=O) groups is 1. The van der Waals surface area contributed by atoms with Crippen LogP contribution in [0.5, 0.6) is 0 Å². The first-order valence-electron chi connectivity index (χ1n) is 11.9. The molecule has 0 bridgehead atoms. The van der Waals surface area contributed by atoms with Crippen LogP contribution in [-0.2, 0) is 22.7 Å². The molecule has 1 amide bonds. The molecule has 5 nitrogen and oxygen atoms in total. The van der Waals surface area contributed by atoms with Gasteiger partial charge in [-0.05, 0) is 41.8 Å². The highest BCUT2D eigenvalue weighted by molar-refractivity contribution is 6.42. The Labute approximate surface area is 217 Å². The van der Waals surface area contributed by atoms with Crippen LogP contribution in [0.15, 0.2) is 72.8 Å². The Hall–Kier alpha value is -2.57. The van der Waals surface area contributed by atoms with Crippen LogP contribution >= 0.6 is 23.2 Å². The van der Waals surface area contributed by atoms with E-state index in [1.165, 1.54) is 11.3 Å². The van der Waals surface area contributed by atoms with Gasteiger partial charge in [-0.3, -0.25) is 10.1 Å². The number of rotatable bonds is 9. The summed E-state index contributed by atoms with van der Waals surface area (Å²) in [6.07, 6.45) is 0. The predicted molar refractivity (Wildman–Crippen MR) is 143 cm³/mol. The molecule has 7 heteroatoms. The van der Waals surface area contributed by atoms with Crippen molar-refractivity contribution in [2.75, 3.05) is 37.7 Å². The largest absolute Gasteiger partial charge is 0.375 e. The Morgan fingerprint density at radius 1 is 0.914 bits per heavy atom. The molecule has 1 atom stereocenters. The van der Waals surface area contributed by atoms with Crippen molar-refractivity contribution in [2.45, 2.75) is 26.1 Å². The molecule has 184 valence electrons. The van der Waals surface area contributed by atoms with Gasteiger partial charge in [-0.25, -0.2) is 0 Å². The molecule has 1 saturated heterocycles. The van der Waals surface area contributed by atoms with Gasteiger partial charge in [-0.15, -0.1) is 0 Å². The zero-order chi connectivity index (χ0) is 24.6. The minimum absolute atomic E-state index is 0.0690. The van der Waals surface area contributed by atoms with E-state index in [-0.39, 0.29) is 12.5 Å². The van der Waals surface area contributed by atoms with E-state index in [1.54, 1.807) is 12.1 Å². The second kappa shape index (κ2) is 12.4. The normalized spacial score (nSPS) is 14.7. The molecule has 0 aliphatic carbocycles. The molecule has 0 radical (unpaired) electrons. The lowest BCUT2D eigenvalue weighted by atomic mass is 10.1. The van der Waals surface area contributed by atoms with Gasteiger partial charge in [-0.1, -0.05) is 77.8 Å². The second-order valence-electron chi connectivity index (χ2n) is 8.78. The third-order valence-corrected chi connectivity index (χ3v) is 7.02. The van der Waals surface area contributed by atoms with E-state index < -0.39 is 6.04 Å². The van der Waals surface area contributed by atoms with E-state index in [4.69, 9.17) is 27.9 Å². The number of benzene rings is 3. The number of nitrogens with zero attached hydrogens (tertiary/aromatic N) is 2. The molecular formula is C28H31Cl2N3O2. The van der Waals surface area contributed by atoms with Crippen molar-refractivity contribution in [1.29, 1.82) is 0 Å². The summed E-state index contributed by atoms with van der Waals surface area (Å²) in [6.45, 7) is 6.34. The fraction of sp³-hybridized carbons (Fsp3) is 0.321. The van der Waals surface area contributed by atoms with E-state index in [2.05, 4.69) is 41.4 Å². The Morgan fingerprint density at radius 3 is 2.34 bits per heavy atom. The number of nitrogens with one attached hydrogen (secondary N) is 1. The highest BCUT2D eigenvalue weighted by Crippen LogP contribution is 2.23. The second-order valence-corrected chi connectivity index (χ2v) is 9.60. The maximum absolute atomic E-state index is 13.5. The number of carbonyl (C=O) groups excluding carboxylic acids is 1. The van der Waals surface area contributed by atoms with Crippen LogP contribution in [0.2, 0.25) is 10.0 Å². The number of hydrogen-bond donors (Lipinski definition) is 1. The van der Waals surface area contributed by atoms with Crippen LogP contribution < -0.4 is 10.2 Å². The minimum atomic E-state index is -0.442. The molecule has 1 fully saturated rings. The fourth-order valence-corrected chi connectivity index (χ4v) is 4.61. The Morgan fingerprint density at radius 2 is 1.63 bits per heavy atom. The summed E-state index contributed by atoms with van der Waals surface area (Å²) >= 11 is 12.1. The maximum atomic E-state index is 13.5. The van der Waals surface area contributed by atoms with Crippen LogP contribution in [0.1, 0.15) is 16.7 Å². The van der Waals surface area contributed by atoms with Crippen molar-refractivity contribution in [2.24, 2.45) is 0 Å². The molecule has 4 rings (SSSR count). The smallest absolute Gasteiger partial charge is 0.242 e. The van der Waals surface area contributed by atoms with Crippen LogP contribution in [0, 0.1) is 6.92 Å². The van der Waals surface area contributed by atoms with Crippen molar-refractivity contribution < 1.29 is 9.53 Å². The standard InChI is InChI=1S/C28H31Cl2N3O2/c1-21-7-5-6-10-27(21)32-13-15-33(16-14-32)28(34)26(31-18-22-8-3-2-4-9-22)20-35-19-23-11-12-24(29)25(30)17-23/h2-12,17,26,31H,13-16,18-20H2,1H3/t26-/m0/s1. The summed E-state index contributed by atoms with van der Waals surface area (Å²) in [4.78, 5) is 17.8. The predicted octanol–water partition coefficient (Wildman–Crippen LogP) is 5.33. The molecule has 0 unspecified atom stereocenters. The van der Waals surface area contributed by atoms with Gasteiger partial charge < -0.3 is 14.5 Å². The topological polar surface area (TPSA) is 44.8 Å². The number of anilines is 1. The Kier molecular flexibility index (Phi) is 9.05. The SMILES string of the molecule is Cc1ccccc1N1CCN(C(=O)[C@H](COCc2ccc(Cl)c(Cl)c2)NCc2ccccc2)CC1. The first kappa shape index (κ1) is 25.5. The summed E-state index contributed by atoms with van der Waals surface area (Å²) in [6, 6.07) is 23.5. The van der Waals surface area contributed by atoms with Crippen LogP contribution in [-0.4, -0.2) is 49.6 Å². The van der Waals surface area contributed by atoms with Crippen molar-refractivity contribution in [3.05, 3.63) is 99.5 Å². The van der Waals surface area contributed by atoms with Gasteiger partial charge in [0.2, 0.25) is 5.91 Å². The van der Waals surface area contributed by atoms with Crippen molar-refractivity contribution in [3.63, 3.8) is 0 Å². The molecule has 3 aromatic carbocycles. The highest BCUT2D eigenvalue weighted by atomic mass is 35.5. The van der Waals surface area contributed by atoms with E-state index >= 15 is 0 Å². The fourth-order valence-electron chi connectivity index (χ4n) is 4.28. The lowest BCUT2D eigenvalue weighted by molar-refractivity contribution is -0.135. The molecule has 1 aliphatic rings. The molecule has 0 aromatic heterocycles. The van der Waals surface area contributed by atoms with Crippen molar-refractivity contribution >= 4 is 34.8 Å². The number of aryl methyl sites for hydroxylation is 1. The average molecular weight is 512 g/mol. The van der Waals surface area contributed by atoms with E-state index in [1.807, 2.05) is 41.3 Å². The zero-order valence-electron chi connectivity index (χ0n) is 19.9. The van der Waals surface area contributed by atoms with E-state index in [9.17, 15) is 4.79 Å². The third kappa shape index (κ3) is 6.98. The monoisotopic (exact) mass is 511 g/mol. The van der Waals surface area contributed by atoms with Crippen molar-refractivity contribution in [3.8, 4) is 0 Å². The molecule has 35 heavy (non-hydrogen) atoms. The van der Waals surface area contributed by atoms with Crippen LogP contribution in [0.3, 0.4) is 0 Å². The summed E-state index contributed by atoms with van der Waals surface area (Å²) in [7, 11) is 0. The highest BCUT2D eigenvalue weighted by Gasteiger charge is 2.28. The number of hydrogen-bond acceptors (Lipinski definition) is 4. The molecule has 1 aliphatic heterocycles. The summed E-state index contributed by atoms with van der Waals surface area (Å²) in [5.74, 6) is 0.0690. The van der Waals surface area contributed by atoms with Gasteiger partial charge in [0.15, 0.2) is 0 Å². The molecule has 3 aromatic rings. The lowest BCUT2D eigenvalue weighted by Crippen LogP contribution is -2.55. The molecular weight excluding hydrogens is 481 g/mol. The summed E-state index contributed by atoms with van der Waals surface area (Å²) in [5.41, 5.74) is 4.54. The van der Waals surface area contributed by atoms with Gasteiger partial charge in [0.25, 0.3) is 0 Å². The number of ether oxygens (including phenoxy) is 1. The van der Waals surface area contributed by atoms with E-state index in [0.717, 1.165) is 24.2 Å². The first-order chi connectivity index (χ1) is 17.0. The van der Waals surface area contributed by atoms with Gasteiger partial charge >= 0.3 is 0 Å². The molecule has 1 N–H and O–H groups in total. The number of para-hydroxylation sites is 1. The summed E-state index contributed by atoms with van der Waals surface area (Å²) in [5, 5.41) is 4.42.